The Labute approximate surface area is 75.2 Å². The molecule has 0 N–H and O–H groups in total. The van der Waals surface area contributed by atoms with Crippen LogP contribution in [0.4, 0.5) is 0 Å². The molecule has 1 atom stereocenters. The van der Waals surface area contributed by atoms with E-state index in [2.05, 4.69) is 25.0 Å². The highest BCUT2D eigenvalue weighted by Crippen LogP contribution is 2.25. The molecule has 0 aromatic rings. The predicted molar refractivity (Wildman–Crippen MR) is 49.4 cm³/mol. The summed E-state index contributed by atoms with van der Waals surface area (Å²) in [4.78, 5) is 0. The molecule has 12 heavy (non-hydrogen) atoms. The monoisotopic (exact) mass is 194 g/mol. The molecule has 0 aliphatic rings. The van der Waals surface area contributed by atoms with Gasteiger partial charge in [-0.1, -0.05) is 27.7 Å². The molecule has 4 heteroatoms. The normalized spacial score (nSPS) is 16.1. The molecular weight excluding hydrogens is 176 g/mol. The zero-order chi connectivity index (χ0) is 9.99. The highest BCUT2D eigenvalue weighted by Gasteiger charge is 2.21. The molecule has 0 rings (SSSR count). The minimum absolute atomic E-state index is 0.0880. The van der Waals surface area contributed by atoms with Crippen LogP contribution < -0.4 is 0 Å². The van der Waals surface area contributed by atoms with Crippen LogP contribution >= 0.6 is 0 Å². The van der Waals surface area contributed by atoms with Crippen molar-refractivity contribution in [2.75, 3.05) is 12.9 Å². The average molecular weight is 194 g/mol. The van der Waals surface area contributed by atoms with Crippen LogP contribution in [0, 0.1) is 11.3 Å². The predicted octanol–water partition coefficient (Wildman–Crippen LogP) is 1.64. The Morgan fingerprint density at radius 3 is 2.00 bits per heavy atom. The SMILES string of the molecule is C[C@H](COS(C)(=O)=O)C(C)(C)C. The van der Waals surface area contributed by atoms with Crippen molar-refractivity contribution in [2.45, 2.75) is 27.7 Å². The first-order chi connectivity index (χ1) is 5.13. The molecule has 0 saturated carbocycles. The van der Waals surface area contributed by atoms with Crippen molar-refractivity contribution in [1.29, 1.82) is 0 Å². The maximum Gasteiger partial charge on any atom is 0.264 e. The van der Waals surface area contributed by atoms with E-state index >= 15 is 0 Å². The second kappa shape index (κ2) is 3.75. The Bertz CT molecular complexity index is 223. The van der Waals surface area contributed by atoms with Crippen LogP contribution in [0.1, 0.15) is 27.7 Å². The van der Waals surface area contributed by atoms with Crippen LogP contribution in [0.5, 0.6) is 0 Å². The molecule has 0 unspecified atom stereocenters. The smallest absolute Gasteiger partial charge is 0.264 e. The van der Waals surface area contributed by atoms with E-state index in [1.807, 2.05) is 6.92 Å². The fourth-order valence-corrected chi connectivity index (χ4v) is 0.927. The van der Waals surface area contributed by atoms with Crippen molar-refractivity contribution >= 4 is 10.1 Å². The van der Waals surface area contributed by atoms with Crippen LogP contribution in [-0.2, 0) is 14.3 Å². The molecule has 0 aromatic heterocycles. The third-order valence-electron chi connectivity index (χ3n) is 2.01. The van der Waals surface area contributed by atoms with E-state index in [9.17, 15) is 8.42 Å². The Morgan fingerprint density at radius 2 is 1.75 bits per heavy atom. The molecule has 74 valence electrons. The summed E-state index contributed by atoms with van der Waals surface area (Å²) in [6, 6.07) is 0. The average Bonchev–Trinajstić information content (AvgIpc) is 1.78. The van der Waals surface area contributed by atoms with Crippen LogP contribution in [0.3, 0.4) is 0 Å². The van der Waals surface area contributed by atoms with Crippen molar-refractivity contribution < 1.29 is 12.6 Å². The Balaban J connectivity index is 3.97. The van der Waals surface area contributed by atoms with Gasteiger partial charge in [0.15, 0.2) is 0 Å². The Kier molecular flexibility index (Phi) is 3.72. The largest absolute Gasteiger partial charge is 0.270 e. The van der Waals surface area contributed by atoms with Gasteiger partial charge in [0.25, 0.3) is 10.1 Å². The van der Waals surface area contributed by atoms with Gasteiger partial charge in [-0.25, -0.2) is 0 Å². The summed E-state index contributed by atoms with van der Waals surface area (Å²) in [5.41, 5.74) is 0.0880. The lowest BCUT2D eigenvalue weighted by Crippen LogP contribution is -2.23. The van der Waals surface area contributed by atoms with Crippen molar-refractivity contribution in [3.8, 4) is 0 Å². The van der Waals surface area contributed by atoms with Gasteiger partial charge in [-0.3, -0.25) is 4.18 Å². The first-order valence-corrected chi connectivity index (χ1v) is 5.79. The van der Waals surface area contributed by atoms with Gasteiger partial charge in [0.05, 0.1) is 12.9 Å². The maximum atomic E-state index is 10.6. The summed E-state index contributed by atoms with van der Waals surface area (Å²) in [6.45, 7) is 8.42. The molecular formula is C8H18O3S. The molecule has 0 bridgehead atoms. The van der Waals surface area contributed by atoms with E-state index in [0.29, 0.717) is 0 Å². The molecule has 0 amide bonds. The van der Waals surface area contributed by atoms with Crippen molar-refractivity contribution in [2.24, 2.45) is 11.3 Å². The summed E-state index contributed by atoms with van der Waals surface area (Å²) < 4.78 is 26.0. The maximum absolute atomic E-state index is 10.6. The first kappa shape index (κ1) is 11.9. The molecule has 0 spiro atoms. The van der Waals surface area contributed by atoms with Gasteiger partial charge in [-0.15, -0.1) is 0 Å². The van der Waals surface area contributed by atoms with Crippen LogP contribution in [0.15, 0.2) is 0 Å². The van der Waals surface area contributed by atoms with Crippen LogP contribution in [0.2, 0.25) is 0 Å². The van der Waals surface area contributed by atoms with Crippen molar-refractivity contribution in [3.63, 3.8) is 0 Å². The lowest BCUT2D eigenvalue weighted by Gasteiger charge is -2.26. The van der Waals surface area contributed by atoms with E-state index in [4.69, 9.17) is 0 Å². The molecule has 0 saturated heterocycles. The third-order valence-corrected chi connectivity index (χ3v) is 2.57. The lowest BCUT2D eigenvalue weighted by molar-refractivity contribution is 0.166. The van der Waals surface area contributed by atoms with Gasteiger partial charge < -0.3 is 0 Å². The molecule has 3 nitrogen and oxygen atoms in total. The zero-order valence-electron chi connectivity index (χ0n) is 8.42. The summed E-state index contributed by atoms with van der Waals surface area (Å²) in [6.07, 6.45) is 1.07. The highest BCUT2D eigenvalue weighted by molar-refractivity contribution is 7.85. The van der Waals surface area contributed by atoms with Gasteiger partial charge in [0.1, 0.15) is 0 Å². The van der Waals surface area contributed by atoms with E-state index in [0.717, 1.165) is 6.26 Å². The minimum Gasteiger partial charge on any atom is -0.270 e. The van der Waals surface area contributed by atoms with Gasteiger partial charge in [0.2, 0.25) is 0 Å². The summed E-state index contributed by atoms with van der Waals surface area (Å²) in [7, 11) is -3.28. The van der Waals surface area contributed by atoms with Gasteiger partial charge in [-0.05, 0) is 11.3 Å². The lowest BCUT2D eigenvalue weighted by atomic mass is 9.83. The van der Waals surface area contributed by atoms with E-state index < -0.39 is 10.1 Å². The molecule has 0 aliphatic heterocycles. The van der Waals surface area contributed by atoms with Crippen molar-refractivity contribution in [1.82, 2.24) is 0 Å². The molecule has 0 aliphatic carbocycles. The number of hydrogen-bond donors (Lipinski definition) is 0. The third kappa shape index (κ3) is 5.55. The molecule has 0 heterocycles. The Morgan fingerprint density at radius 1 is 1.33 bits per heavy atom. The topological polar surface area (TPSA) is 43.4 Å². The fraction of sp³-hybridized carbons (Fsp3) is 1.00. The first-order valence-electron chi connectivity index (χ1n) is 3.97. The quantitative estimate of drug-likeness (QED) is 0.641. The highest BCUT2D eigenvalue weighted by atomic mass is 32.2. The van der Waals surface area contributed by atoms with Gasteiger partial charge >= 0.3 is 0 Å². The second-order valence-corrected chi connectivity index (χ2v) is 5.90. The molecule has 0 aromatic carbocycles. The standard InChI is InChI=1S/C8H18O3S/c1-7(8(2,3)4)6-11-12(5,9)10/h7H,6H2,1-5H3/t7-/m1/s1. The molecule has 0 fully saturated rings. The minimum atomic E-state index is -3.28. The second-order valence-electron chi connectivity index (χ2n) is 4.26. The molecule has 0 radical (unpaired) electrons. The Hall–Kier alpha value is -0.0900. The summed E-state index contributed by atoms with van der Waals surface area (Å²) in [5, 5.41) is 0. The van der Waals surface area contributed by atoms with Crippen LogP contribution in [0.25, 0.3) is 0 Å². The number of rotatable bonds is 3. The summed E-state index contributed by atoms with van der Waals surface area (Å²) in [5.74, 6) is 0.229. The zero-order valence-corrected chi connectivity index (χ0v) is 9.23. The van der Waals surface area contributed by atoms with E-state index in [1.165, 1.54) is 0 Å². The van der Waals surface area contributed by atoms with Crippen LogP contribution in [-0.4, -0.2) is 21.3 Å². The fourth-order valence-electron chi connectivity index (χ4n) is 0.476. The van der Waals surface area contributed by atoms with Gasteiger partial charge in [-0.2, -0.15) is 8.42 Å². The van der Waals surface area contributed by atoms with Gasteiger partial charge in [0, 0.05) is 0 Å². The number of hydrogen-bond acceptors (Lipinski definition) is 3. The van der Waals surface area contributed by atoms with E-state index in [1.54, 1.807) is 0 Å². The van der Waals surface area contributed by atoms with Crippen molar-refractivity contribution in [3.05, 3.63) is 0 Å². The van der Waals surface area contributed by atoms with E-state index in [-0.39, 0.29) is 17.9 Å². The summed E-state index contributed by atoms with van der Waals surface area (Å²) >= 11 is 0.